The van der Waals surface area contributed by atoms with Crippen LogP contribution in [-0.2, 0) is 24.5 Å². The lowest BCUT2D eigenvalue weighted by atomic mass is 10.0. The number of amides is 1. The van der Waals surface area contributed by atoms with Crippen LogP contribution in [0.25, 0.3) is 0 Å². The van der Waals surface area contributed by atoms with E-state index in [4.69, 9.17) is 20.5 Å². The molecule has 0 fully saturated rings. The summed E-state index contributed by atoms with van der Waals surface area (Å²) in [5, 5.41) is 25.6. The number of aliphatic hydroxyl groups excluding tert-OH is 1. The first-order chi connectivity index (χ1) is 16.8. The summed E-state index contributed by atoms with van der Waals surface area (Å²) < 4.78 is 28.7. The highest BCUT2D eigenvalue weighted by molar-refractivity contribution is 7.87. The minimum atomic E-state index is -4.84. The zero-order chi connectivity index (χ0) is 28.0. The monoisotopic (exact) mass is 540 g/mol. The Morgan fingerprint density at radius 2 is 1.22 bits per heavy atom. The Kier molecular flexibility index (Phi) is 22.7. The van der Waals surface area contributed by atoms with Gasteiger partial charge in [-0.15, -0.1) is 0 Å². The summed E-state index contributed by atoms with van der Waals surface area (Å²) in [6.45, 7) is 4.69. The van der Waals surface area contributed by atoms with Crippen molar-refractivity contribution >= 4 is 28.0 Å². The number of carboxylic acids is 2. The number of unbranched alkanes of at least 4 members (excludes halogenated alkanes) is 11. The van der Waals surface area contributed by atoms with Crippen molar-refractivity contribution in [3.05, 3.63) is 0 Å². The molecule has 0 aliphatic heterocycles. The van der Waals surface area contributed by atoms with E-state index in [9.17, 15) is 27.9 Å². The van der Waals surface area contributed by atoms with Gasteiger partial charge in [-0.25, -0.2) is 0 Å². The molecule has 0 aromatic rings. The second-order valence-corrected chi connectivity index (χ2v) is 11.0. The fraction of sp³-hybridized carbons (Fsp3) is 0.875. The molecular formula is C24H48N2O9S. The molecule has 0 aromatic carbocycles. The first-order valence-electron chi connectivity index (χ1n) is 12.9. The molecule has 12 heteroatoms. The van der Waals surface area contributed by atoms with E-state index in [0.29, 0.717) is 6.42 Å². The zero-order valence-corrected chi connectivity index (χ0v) is 22.7. The number of aliphatic hydroxyl groups is 1. The highest BCUT2D eigenvalue weighted by Crippen LogP contribution is 2.14. The molecule has 2 atom stereocenters. The predicted octanol–water partition coefficient (Wildman–Crippen LogP) is 3.30. The Labute approximate surface area is 216 Å². The largest absolute Gasteiger partial charge is 0.481 e. The van der Waals surface area contributed by atoms with E-state index < -0.39 is 40.0 Å². The van der Waals surface area contributed by atoms with Gasteiger partial charge in [0.05, 0.1) is 6.42 Å². The third kappa shape index (κ3) is 25.3. The molecule has 214 valence electrons. The van der Waals surface area contributed by atoms with E-state index in [1.807, 2.05) is 0 Å². The van der Waals surface area contributed by atoms with Gasteiger partial charge in [0.15, 0.2) is 5.25 Å². The van der Waals surface area contributed by atoms with E-state index >= 15 is 0 Å². The third-order valence-corrected chi connectivity index (χ3v) is 6.57. The predicted molar refractivity (Wildman–Crippen MR) is 138 cm³/mol. The van der Waals surface area contributed by atoms with Crippen LogP contribution in [0, 0.1) is 5.92 Å². The summed E-state index contributed by atoms with van der Waals surface area (Å²) in [4.78, 5) is 31.4. The van der Waals surface area contributed by atoms with Crippen LogP contribution < -0.4 is 11.1 Å². The average molecular weight is 541 g/mol. The number of carbonyl (C=O) groups is 3. The van der Waals surface area contributed by atoms with Crippen molar-refractivity contribution in [3.8, 4) is 0 Å². The van der Waals surface area contributed by atoms with E-state index in [1.54, 1.807) is 0 Å². The minimum absolute atomic E-state index is 0.0731. The fourth-order valence-electron chi connectivity index (χ4n) is 3.40. The zero-order valence-electron chi connectivity index (χ0n) is 21.9. The van der Waals surface area contributed by atoms with Gasteiger partial charge in [-0.1, -0.05) is 90.9 Å². The molecule has 0 heterocycles. The van der Waals surface area contributed by atoms with Gasteiger partial charge in [0, 0.05) is 13.0 Å². The molecule has 0 aromatic heterocycles. The molecule has 0 aliphatic carbocycles. The lowest BCUT2D eigenvalue weighted by Crippen LogP contribution is -2.39. The maximum atomic E-state index is 11.4. The number of nitrogens with two attached hydrogens (primary N) is 1. The summed E-state index contributed by atoms with van der Waals surface area (Å²) in [6, 6.07) is 0. The van der Waals surface area contributed by atoms with Gasteiger partial charge < -0.3 is 26.4 Å². The standard InChI is InChI=1S/C20H42N2O2.C4H6O7S/c1-18(2)15-13-11-9-7-5-3-4-6-8-10-12-14-16-19(23)22-20(24)17-21;5-3(6)1-2(4(7)8)12(9,10)11/h18,20,24H,3-17,21H2,1-2H3,(H,22,23);2H,1H2,(H,5,6)(H,7,8)(H,9,10,11). The fourth-order valence-corrected chi connectivity index (χ4v) is 4.01. The molecule has 0 saturated heterocycles. The van der Waals surface area contributed by atoms with Crippen LogP contribution in [0.2, 0.25) is 0 Å². The van der Waals surface area contributed by atoms with Crippen molar-refractivity contribution in [1.29, 1.82) is 0 Å². The summed E-state index contributed by atoms with van der Waals surface area (Å²) in [7, 11) is -4.84. The van der Waals surface area contributed by atoms with Crippen molar-refractivity contribution < 1.29 is 42.7 Å². The Balaban J connectivity index is 0. The normalized spacial score (nSPS) is 12.9. The van der Waals surface area contributed by atoms with Gasteiger partial charge in [0.2, 0.25) is 5.91 Å². The summed E-state index contributed by atoms with van der Waals surface area (Å²) in [6.07, 6.45) is 15.4. The Morgan fingerprint density at radius 1 is 0.806 bits per heavy atom. The highest BCUT2D eigenvalue weighted by Gasteiger charge is 2.33. The van der Waals surface area contributed by atoms with Gasteiger partial charge in [-0.2, -0.15) is 8.42 Å². The maximum Gasteiger partial charge on any atom is 0.325 e. The van der Waals surface area contributed by atoms with Crippen molar-refractivity contribution in [2.24, 2.45) is 11.7 Å². The molecule has 11 nitrogen and oxygen atoms in total. The first-order valence-corrected chi connectivity index (χ1v) is 14.4. The first kappa shape index (κ1) is 36.4. The number of rotatable bonds is 21. The average Bonchev–Trinajstić information content (AvgIpc) is 2.76. The Bertz CT molecular complexity index is 700. The van der Waals surface area contributed by atoms with Crippen LogP contribution in [0.1, 0.15) is 110 Å². The minimum Gasteiger partial charge on any atom is -0.481 e. The molecule has 7 N–H and O–H groups in total. The molecule has 1 amide bonds. The molecule has 36 heavy (non-hydrogen) atoms. The molecular weight excluding hydrogens is 492 g/mol. The number of carboxylic acid groups (broad SMARTS) is 2. The van der Waals surface area contributed by atoms with E-state index in [1.165, 1.54) is 70.6 Å². The molecule has 2 unspecified atom stereocenters. The van der Waals surface area contributed by atoms with Crippen molar-refractivity contribution in [3.63, 3.8) is 0 Å². The number of hydrogen-bond acceptors (Lipinski definition) is 7. The van der Waals surface area contributed by atoms with Crippen LogP contribution >= 0.6 is 0 Å². The second kappa shape index (κ2) is 22.4. The van der Waals surface area contributed by atoms with E-state index in [2.05, 4.69) is 19.2 Å². The van der Waals surface area contributed by atoms with Crippen LogP contribution in [0.3, 0.4) is 0 Å². The molecule has 0 radical (unpaired) electrons. The van der Waals surface area contributed by atoms with Gasteiger partial charge in [0.25, 0.3) is 10.1 Å². The third-order valence-electron chi connectivity index (χ3n) is 5.48. The summed E-state index contributed by atoms with van der Waals surface area (Å²) in [5.41, 5.74) is 5.24. The second-order valence-electron chi connectivity index (χ2n) is 9.43. The maximum absolute atomic E-state index is 11.4. The molecule has 0 spiro atoms. The van der Waals surface area contributed by atoms with E-state index in [0.717, 1.165) is 18.8 Å². The molecule has 0 saturated carbocycles. The lowest BCUT2D eigenvalue weighted by molar-refractivity contribution is -0.143. The van der Waals surface area contributed by atoms with Crippen LogP contribution in [0.4, 0.5) is 0 Å². The lowest BCUT2D eigenvalue weighted by Gasteiger charge is -2.09. The van der Waals surface area contributed by atoms with Gasteiger partial charge in [0.1, 0.15) is 6.23 Å². The summed E-state index contributed by atoms with van der Waals surface area (Å²) >= 11 is 0. The molecule has 0 rings (SSSR count). The van der Waals surface area contributed by atoms with Gasteiger partial charge in [-0.3, -0.25) is 18.9 Å². The van der Waals surface area contributed by atoms with Crippen LogP contribution in [0.5, 0.6) is 0 Å². The Hall–Kier alpha value is -1.76. The molecule has 0 aliphatic rings. The van der Waals surface area contributed by atoms with Gasteiger partial charge >= 0.3 is 11.9 Å². The van der Waals surface area contributed by atoms with Gasteiger partial charge in [-0.05, 0) is 12.3 Å². The number of aliphatic carboxylic acids is 2. The number of nitrogens with one attached hydrogen (secondary N) is 1. The number of carbonyl (C=O) groups excluding carboxylic acids is 1. The topological polar surface area (TPSA) is 204 Å². The smallest absolute Gasteiger partial charge is 0.325 e. The molecule has 0 bridgehead atoms. The van der Waals surface area contributed by atoms with Crippen LogP contribution in [-0.4, -0.2) is 64.2 Å². The van der Waals surface area contributed by atoms with Crippen molar-refractivity contribution in [2.45, 2.75) is 122 Å². The van der Waals surface area contributed by atoms with Crippen molar-refractivity contribution in [1.82, 2.24) is 5.32 Å². The number of hydrogen-bond donors (Lipinski definition) is 6. The van der Waals surface area contributed by atoms with Crippen LogP contribution in [0.15, 0.2) is 0 Å². The quantitative estimate of drug-likeness (QED) is 0.0711. The highest BCUT2D eigenvalue weighted by atomic mass is 32.2. The van der Waals surface area contributed by atoms with Crippen molar-refractivity contribution in [2.75, 3.05) is 6.54 Å². The SMILES string of the molecule is CC(C)CCCCCCCCCCCCCCC(=O)NC(O)CN.O=C(O)CC(C(=O)O)S(=O)(=O)O. The summed E-state index contributed by atoms with van der Waals surface area (Å²) in [5.74, 6) is -2.74. The van der Waals surface area contributed by atoms with E-state index in [-0.39, 0.29) is 12.5 Å². The Morgan fingerprint density at radius 3 is 1.53 bits per heavy atom.